The summed E-state index contributed by atoms with van der Waals surface area (Å²) >= 11 is 0. The molecule has 0 N–H and O–H groups in total. The van der Waals surface area contributed by atoms with E-state index in [9.17, 15) is 9.59 Å². The minimum Gasteiger partial charge on any atom is -0.465 e. The molecule has 0 saturated carbocycles. The molecular formula is C21H24O5. The molecule has 3 atom stereocenters. The molecule has 5 heteroatoms. The van der Waals surface area contributed by atoms with Crippen LogP contribution in [0.15, 0.2) is 46.4 Å². The first-order valence-corrected chi connectivity index (χ1v) is 8.75. The Labute approximate surface area is 153 Å². The van der Waals surface area contributed by atoms with Crippen molar-refractivity contribution in [2.45, 2.75) is 45.1 Å². The van der Waals surface area contributed by atoms with Crippen LogP contribution in [0.4, 0.5) is 0 Å². The summed E-state index contributed by atoms with van der Waals surface area (Å²) in [7, 11) is 1.35. The molecule has 0 fully saturated rings. The first-order valence-electron chi connectivity index (χ1n) is 8.75. The Kier molecular flexibility index (Phi) is 4.90. The molecule has 0 aliphatic carbocycles. The molecule has 2 aliphatic heterocycles. The minimum absolute atomic E-state index is 0.0894. The van der Waals surface area contributed by atoms with Crippen LogP contribution < -0.4 is 0 Å². The first-order chi connectivity index (χ1) is 12.3. The molecule has 5 nitrogen and oxygen atoms in total. The highest BCUT2D eigenvalue weighted by Gasteiger charge is 2.37. The van der Waals surface area contributed by atoms with Crippen LogP contribution >= 0.6 is 0 Å². The number of hydrogen-bond donors (Lipinski definition) is 0. The average Bonchev–Trinajstić information content (AvgIpc) is 3.12. The van der Waals surface area contributed by atoms with Gasteiger partial charge in [-0.1, -0.05) is 24.3 Å². The third kappa shape index (κ3) is 3.26. The van der Waals surface area contributed by atoms with E-state index in [-0.39, 0.29) is 17.8 Å². The summed E-state index contributed by atoms with van der Waals surface area (Å²) in [4.78, 5) is 24.5. The van der Waals surface area contributed by atoms with Crippen molar-refractivity contribution >= 4 is 11.9 Å². The molecule has 0 saturated heterocycles. The zero-order chi connectivity index (χ0) is 19.0. The van der Waals surface area contributed by atoms with Crippen LogP contribution in [0, 0.1) is 5.92 Å². The Morgan fingerprint density at radius 1 is 1.27 bits per heavy atom. The third-order valence-corrected chi connectivity index (χ3v) is 5.16. The van der Waals surface area contributed by atoms with Crippen LogP contribution in [0.2, 0.25) is 0 Å². The largest absolute Gasteiger partial charge is 0.465 e. The second-order valence-corrected chi connectivity index (χ2v) is 7.15. The van der Waals surface area contributed by atoms with Crippen molar-refractivity contribution < 1.29 is 23.5 Å². The standard InChI is InChI=1S/C21H24O5/c1-11(2)13-6-7-14-9-17(26-20(14)22)19(12(3)4)18-10-15(21(23)24-5)16(8-13)25-18/h9-10,13,17,19H,1,3,6-8H2,2,4-5H3/t13-,17+,19-/m0/s1. The highest BCUT2D eigenvalue weighted by Crippen LogP contribution is 2.39. The molecule has 0 spiro atoms. The van der Waals surface area contributed by atoms with Gasteiger partial charge in [0.2, 0.25) is 0 Å². The van der Waals surface area contributed by atoms with Gasteiger partial charge in [0.1, 0.15) is 23.2 Å². The second kappa shape index (κ2) is 6.98. The zero-order valence-electron chi connectivity index (χ0n) is 15.5. The maximum absolute atomic E-state index is 12.3. The van der Waals surface area contributed by atoms with Gasteiger partial charge in [0.05, 0.1) is 13.0 Å². The summed E-state index contributed by atoms with van der Waals surface area (Å²) in [6, 6.07) is 1.69. The van der Waals surface area contributed by atoms with Gasteiger partial charge in [0.25, 0.3) is 0 Å². The van der Waals surface area contributed by atoms with E-state index in [1.165, 1.54) is 7.11 Å². The number of carbonyl (C=O) groups excluding carboxylic acids is 2. The number of allylic oxidation sites excluding steroid dienone is 1. The molecule has 138 valence electrons. The van der Waals surface area contributed by atoms with E-state index in [1.807, 2.05) is 19.9 Å². The van der Waals surface area contributed by atoms with E-state index in [1.54, 1.807) is 6.07 Å². The Balaban J connectivity index is 2.14. The maximum Gasteiger partial charge on any atom is 0.341 e. The SMILES string of the molecule is C=C(C)[C@H]1CCC2=C[C@@H](OC2=O)[C@H](C(=C)C)c2cc(C(=O)OC)c(o2)C1. The topological polar surface area (TPSA) is 65.7 Å². The van der Waals surface area contributed by atoms with Gasteiger partial charge in [0.15, 0.2) is 0 Å². The Bertz CT molecular complexity index is 810. The number of esters is 2. The normalized spacial score (nSPS) is 25.0. The van der Waals surface area contributed by atoms with Gasteiger partial charge in [-0.2, -0.15) is 0 Å². The van der Waals surface area contributed by atoms with Crippen molar-refractivity contribution in [3.05, 3.63) is 59.1 Å². The van der Waals surface area contributed by atoms with Crippen LogP contribution in [0.3, 0.4) is 0 Å². The molecule has 0 unspecified atom stereocenters. The van der Waals surface area contributed by atoms with Crippen molar-refractivity contribution in [3.8, 4) is 0 Å². The predicted molar refractivity (Wildman–Crippen MR) is 96.8 cm³/mol. The molecule has 1 aromatic rings. The lowest BCUT2D eigenvalue weighted by atomic mass is 9.87. The summed E-state index contributed by atoms with van der Waals surface area (Å²) in [5.74, 6) is 0.169. The van der Waals surface area contributed by atoms with Gasteiger partial charge in [0, 0.05) is 12.0 Å². The van der Waals surface area contributed by atoms with Gasteiger partial charge in [-0.3, -0.25) is 0 Å². The Morgan fingerprint density at radius 3 is 2.62 bits per heavy atom. The Morgan fingerprint density at radius 2 is 2.00 bits per heavy atom. The van der Waals surface area contributed by atoms with Gasteiger partial charge < -0.3 is 13.9 Å². The van der Waals surface area contributed by atoms with E-state index < -0.39 is 12.1 Å². The summed E-state index contributed by atoms with van der Waals surface area (Å²) < 4.78 is 16.6. The lowest BCUT2D eigenvalue weighted by molar-refractivity contribution is -0.140. The highest BCUT2D eigenvalue weighted by atomic mass is 16.5. The van der Waals surface area contributed by atoms with E-state index in [0.717, 1.165) is 17.6 Å². The maximum atomic E-state index is 12.3. The molecule has 0 radical (unpaired) electrons. The number of hydrogen-bond acceptors (Lipinski definition) is 5. The van der Waals surface area contributed by atoms with E-state index in [0.29, 0.717) is 35.5 Å². The van der Waals surface area contributed by atoms with E-state index >= 15 is 0 Å². The number of methoxy groups -OCH3 is 1. The summed E-state index contributed by atoms with van der Waals surface area (Å²) in [6.45, 7) is 11.9. The average molecular weight is 356 g/mol. The quantitative estimate of drug-likeness (QED) is 0.602. The van der Waals surface area contributed by atoms with Gasteiger partial charge in [-0.15, -0.1) is 0 Å². The summed E-state index contributed by atoms with van der Waals surface area (Å²) in [5, 5.41) is 0. The molecule has 0 aromatic carbocycles. The molecular weight excluding hydrogens is 332 g/mol. The first kappa shape index (κ1) is 18.2. The molecule has 26 heavy (non-hydrogen) atoms. The second-order valence-electron chi connectivity index (χ2n) is 7.15. The van der Waals surface area contributed by atoms with Crippen molar-refractivity contribution in [1.29, 1.82) is 0 Å². The van der Waals surface area contributed by atoms with Gasteiger partial charge in [-0.05, 0) is 44.7 Å². The smallest absolute Gasteiger partial charge is 0.341 e. The number of furan rings is 1. The van der Waals surface area contributed by atoms with Crippen molar-refractivity contribution in [2.24, 2.45) is 5.92 Å². The Hall–Kier alpha value is -2.56. The van der Waals surface area contributed by atoms with Crippen molar-refractivity contribution in [2.75, 3.05) is 7.11 Å². The number of carbonyl (C=O) groups is 2. The zero-order valence-corrected chi connectivity index (χ0v) is 15.5. The number of ether oxygens (including phenoxy) is 2. The van der Waals surface area contributed by atoms with Crippen LogP contribution in [0.5, 0.6) is 0 Å². The lowest BCUT2D eigenvalue weighted by Crippen LogP contribution is -2.19. The fourth-order valence-electron chi connectivity index (χ4n) is 3.65. The van der Waals surface area contributed by atoms with Crippen molar-refractivity contribution in [3.63, 3.8) is 0 Å². The third-order valence-electron chi connectivity index (χ3n) is 5.16. The molecule has 3 heterocycles. The summed E-state index contributed by atoms with van der Waals surface area (Å²) in [6.07, 6.45) is 3.27. The van der Waals surface area contributed by atoms with Crippen molar-refractivity contribution in [1.82, 2.24) is 0 Å². The van der Waals surface area contributed by atoms with Crippen LogP contribution in [-0.4, -0.2) is 25.2 Å². The fraction of sp³-hybridized carbons (Fsp3) is 0.429. The van der Waals surface area contributed by atoms with Crippen LogP contribution in [-0.2, 0) is 20.7 Å². The lowest BCUT2D eigenvalue weighted by Gasteiger charge is -2.20. The fourth-order valence-corrected chi connectivity index (χ4v) is 3.65. The highest BCUT2D eigenvalue weighted by molar-refractivity contribution is 5.92. The van der Waals surface area contributed by atoms with E-state index in [4.69, 9.17) is 13.9 Å². The number of fused-ring (bicyclic) bond motifs is 3. The van der Waals surface area contributed by atoms with Crippen LogP contribution in [0.25, 0.3) is 0 Å². The van der Waals surface area contributed by atoms with E-state index in [2.05, 4.69) is 13.2 Å². The monoisotopic (exact) mass is 356 g/mol. The van der Waals surface area contributed by atoms with Gasteiger partial charge >= 0.3 is 11.9 Å². The molecule has 4 bridgehead atoms. The molecule has 2 aliphatic rings. The summed E-state index contributed by atoms with van der Waals surface area (Å²) in [5.41, 5.74) is 2.88. The predicted octanol–water partition coefficient (Wildman–Crippen LogP) is 4.11. The number of rotatable bonds is 3. The van der Waals surface area contributed by atoms with Crippen LogP contribution in [0.1, 0.15) is 54.5 Å². The molecule has 3 rings (SSSR count). The van der Waals surface area contributed by atoms with Gasteiger partial charge in [-0.25, -0.2) is 9.59 Å². The minimum atomic E-state index is -0.471. The molecule has 0 amide bonds. The molecule has 1 aromatic heterocycles.